The Hall–Kier alpha value is -0.503. The molecule has 2 heteroatoms. The van der Waals surface area contributed by atoms with E-state index in [1.165, 1.54) is 16.9 Å². The van der Waals surface area contributed by atoms with Gasteiger partial charge in [0, 0.05) is 5.92 Å². The van der Waals surface area contributed by atoms with E-state index >= 15 is 0 Å². The van der Waals surface area contributed by atoms with E-state index < -0.39 is 8.32 Å². The minimum Gasteiger partial charge on any atom is -0.546 e. The summed E-state index contributed by atoms with van der Waals surface area (Å²) in [7, 11) is -1.67. The molecule has 0 aromatic rings. The number of rotatable bonds is 2. The van der Waals surface area contributed by atoms with Crippen LogP contribution in [-0.2, 0) is 4.43 Å². The van der Waals surface area contributed by atoms with Gasteiger partial charge >= 0.3 is 0 Å². The Bertz CT molecular complexity index is 342. The van der Waals surface area contributed by atoms with Crippen molar-refractivity contribution < 1.29 is 4.43 Å². The fourth-order valence-corrected chi connectivity index (χ4v) is 2.90. The van der Waals surface area contributed by atoms with E-state index in [1.54, 1.807) is 0 Å². The Morgan fingerprint density at radius 3 is 2.00 bits per heavy atom. The first kappa shape index (κ1) is 13.6. The fourth-order valence-electron chi connectivity index (χ4n) is 1.71. The highest BCUT2D eigenvalue weighted by Crippen LogP contribution is 2.41. The summed E-state index contributed by atoms with van der Waals surface area (Å²) in [5.41, 5.74) is 2.72. The van der Waals surface area contributed by atoms with Crippen molar-refractivity contribution in [3.05, 3.63) is 23.0 Å². The van der Waals surface area contributed by atoms with Gasteiger partial charge in [0.15, 0.2) is 0 Å². The van der Waals surface area contributed by atoms with Crippen LogP contribution in [0.15, 0.2) is 23.0 Å². The maximum Gasteiger partial charge on any atom is 0.250 e. The van der Waals surface area contributed by atoms with Gasteiger partial charge in [0.25, 0.3) is 0 Å². The van der Waals surface area contributed by atoms with Crippen LogP contribution < -0.4 is 0 Å². The highest BCUT2D eigenvalue weighted by Gasteiger charge is 2.40. The topological polar surface area (TPSA) is 9.23 Å². The molecule has 0 aromatic carbocycles. The minimum absolute atomic E-state index is 0.274. The molecule has 0 bridgehead atoms. The summed E-state index contributed by atoms with van der Waals surface area (Å²) in [6, 6.07) is 0. The predicted molar refractivity (Wildman–Crippen MR) is 73.9 cm³/mol. The fraction of sp³-hybridized carbons (Fsp3) is 0.714. The Balaban J connectivity index is 2.93. The van der Waals surface area contributed by atoms with Crippen LogP contribution in [0.4, 0.5) is 0 Å². The summed E-state index contributed by atoms with van der Waals surface area (Å²) in [6.45, 7) is 18.1. The van der Waals surface area contributed by atoms with Gasteiger partial charge in [-0.2, -0.15) is 0 Å². The maximum absolute atomic E-state index is 6.42. The molecule has 0 aromatic heterocycles. The summed E-state index contributed by atoms with van der Waals surface area (Å²) in [4.78, 5) is 0. The van der Waals surface area contributed by atoms with Gasteiger partial charge in [0.05, 0.1) is 5.76 Å². The zero-order valence-corrected chi connectivity index (χ0v) is 13.1. The molecular weight excluding hydrogens is 212 g/mol. The molecule has 1 nitrogen and oxygen atoms in total. The average molecular weight is 238 g/mol. The predicted octanol–water partition coefficient (Wildman–Crippen LogP) is 4.88. The largest absolute Gasteiger partial charge is 0.546 e. The van der Waals surface area contributed by atoms with Crippen molar-refractivity contribution in [2.45, 2.75) is 59.7 Å². The molecular formula is C14H26OSi. The van der Waals surface area contributed by atoms with Gasteiger partial charge in [-0.05, 0) is 43.1 Å². The van der Waals surface area contributed by atoms with Crippen molar-refractivity contribution in [1.29, 1.82) is 0 Å². The summed E-state index contributed by atoms with van der Waals surface area (Å²) in [5, 5.41) is 0.274. The van der Waals surface area contributed by atoms with Gasteiger partial charge in [0.2, 0.25) is 8.32 Å². The van der Waals surface area contributed by atoms with Crippen molar-refractivity contribution in [2.75, 3.05) is 0 Å². The first-order chi connectivity index (χ1) is 7.06. The quantitative estimate of drug-likeness (QED) is 0.623. The molecule has 1 atom stereocenters. The van der Waals surface area contributed by atoms with Gasteiger partial charge in [-0.1, -0.05) is 33.8 Å². The van der Waals surface area contributed by atoms with Crippen molar-refractivity contribution in [1.82, 2.24) is 0 Å². The molecule has 0 heterocycles. The molecule has 1 aliphatic rings. The lowest BCUT2D eigenvalue weighted by Gasteiger charge is -2.38. The third kappa shape index (κ3) is 2.42. The molecule has 0 amide bonds. The summed E-state index contributed by atoms with van der Waals surface area (Å²) < 4.78 is 6.42. The summed E-state index contributed by atoms with van der Waals surface area (Å²) in [5.74, 6) is 1.67. The van der Waals surface area contributed by atoms with E-state index in [2.05, 4.69) is 60.7 Å². The highest BCUT2D eigenvalue weighted by molar-refractivity contribution is 6.74. The second kappa shape index (κ2) is 4.06. The third-order valence-corrected chi connectivity index (χ3v) is 8.39. The molecule has 16 heavy (non-hydrogen) atoms. The lowest BCUT2D eigenvalue weighted by Crippen LogP contribution is -2.41. The maximum atomic E-state index is 6.42. The Labute approximate surface area is 102 Å². The summed E-state index contributed by atoms with van der Waals surface area (Å²) >= 11 is 0. The van der Waals surface area contributed by atoms with E-state index in [4.69, 9.17) is 4.43 Å². The average Bonchev–Trinajstić information content (AvgIpc) is 2.30. The Morgan fingerprint density at radius 2 is 1.69 bits per heavy atom. The zero-order valence-electron chi connectivity index (χ0n) is 12.1. The van der Waals surface area contributed by atoms with E-state index in [0.717, 1.165) is 0 Å². The number of hydrogen-bond acceptors (Lipinski definition) is 1. The first-order valence-corrected chi connectivity index (χ1v) is 9.05. The van der Waals surface area contributed by atoms with Crippen LogP contribution >= 0.6 is 0 Å². The van der Waals surface area contributed by atoms with E-state index in [9.17, 15) is 0 Å². The van der Waals surface area contributed by atoms with Crippen LogP contribution in [0.3, 0.4) is 0 Å². The van der Waals surface area contributed by atoms with Crippen LogP contribution in [-0.4, -0.2) is 8.32 Å². The van der Waals surface area contributed by atoms with Crippen molar-refractivity contribution in [3.63, 3.8) is 0 Å². The molecule has 1 rings (SSSR count). The molecule has 92 valence electrons. The number of hydrogen-bond donors (Lipinski definition) is 0. The lowest BCUT2D eigenvalue weighted by atomic mass is 10.2. The minimum atomic E-state index is -1.67. The van der Waals surface area contributed by atoms with Gasteiger partial charge in [0.1, 0.15) is 0 Å². The van der Waals surface area contributed by atoms with E-state index in [0.29, 0.717) is 5.92 Å². The Kier molecular flexibility index (Phi) is 3.44. The van der Waals surface area contributed by atoms with Crippen molar-refractivity contribution in [3.8, 4) is 0 Å². The van der Waals surface area contributed by atoms with Crippen LogP contribution in [0, 0.1) is 5.92 Å². The van der Waals surface area contributed by atoms with Gasteiger partial charge in [-0.15, -0.1) is 0 Å². The Morgan fingerprint density at radius 1 is 1.19 bits per heavy atom. The SMILES string of the molecule is CC1=CC(C)C(O[Si](C)(C)C(C)(C)C)=C1C. The number of allylic oxidation sites excluding steroid dienone is 3. The molecule has 0 spiro atoms. The van der Waals surface area contributed by atoms with Gasteiger partial charge in [-0.3, -0.25) is 0 Å². The van der Waals surface area contributed by atoms with Crippen molar-refractivity contribution >= 4 is 8.32 Å². The molecule has 0 N–H and O–H groups in total. The molecule has 0 saturated carbocycles. The van der Waals surface area contributed by atoms with Gasteiger partial charge in [-0.25, -0.2) is 0 Å². The normalized spacial score (nSPS) is 22.5. The first-order valence-electron chi connectivity index (χ1n) is 6.15. The van der Waals surface area contributed by atoms with Crippen LogP contribution in [0.2, 0.25) is 18.1 Å². The van der Waals surface area contributed by atoms with Crippen LogP contribution in [0.5, 0.6) is 0 Å². The third-order valence-electron chi connectivity index (χ3n) is 4.05. The molecule has 0 fully saturated rings. The zero-order chi connectivity index (χ0) is 12.7. The smallest absolute Gasteiger partial charge is 0.250 e. The molecule has 0 radical (unpaired) electrons. The monoisotopic (exact) mass is 238 g/mol. The molecule has 0 saturated heterocycles. The van der Waals surface area contributed by atoms with Crippen LogP contribution in [0.25, 0.3) is 0 Å². The second-order valence-electron chi connectivity index (χ2n) is 6.49. The van der Waals surface area contributed by atoms with E-state index in [1.807, 2.05) is 0 Å². The van der Waals surface area contributed by atoms with Gasteiger partial charge < -0.3 is 4.43 Å². The summed E-state index contributed by atoms with van der Waals surface area (Å²) in [6.07, 6.45) is 2.30. The van der Waals surface area contributed by atoms with Crippen molar-refractivity contribution in [2.24, 2.45) is 5.92 Å². The molecule has 1 unspecified atom stereocenters. The highest BCUT2D eigenvalue weighted by atomic mass is 28.4. The molecule has 0 aliphatic heterocycles. The lowest BCUT2D eigenvalue weighted by molar-refractivity contribution is 0.348. The van der Waals surface area contributed by atoms with E-state index in [-0.39, 0.29) is 5.04 Å². The second-order valence-corrected chi connectivity index (χ2v) is 11.2. The standard InChI is InChI=1S/C14H26OSi/c1-10-9-11(2)13(12(10)3)15-16(7,8)14(4,5)6/h9,11H,1-8H3. The van der Waals surface area contributed by atoms with Crippen LogP contribution in [0.1, 0.15) is 41.5 Å². The molecule has 1 aliphatic carbocycles.